The van der Waals surface area contributed by atoms with E-state index in [1.165, 1.54) is 4.90 Å². The van der Waals surface area contributed by atoms with Gasteiger partial charge in [-0.2, -0.15) is 0 Å². The molecule has 1 unspecified atom stereocenters. The highest BCUT2D eigenvalue weighted by Crippen LogP contribution is 2.25. The van der Waals surface area contributed by atoms with E-state index in [9.17, 15) is 4.79 Å². The minimum atomic E-state index is -0.0583. The van der Waals surface area contributed by atoms with Gasteiger partial charge in [-0.15, -0.1) is 0 Å². The van der Waals surface area contributed by atoms with Crippen LogP contribution in [0.2, 0.25) is 10.0 Å². The summed E-state index contributed by atoms with van der Waals surface area (Å²) in [7, 11) is 3.42. The van der Waals surface area contributed by atoms with Gasteiger partial charge in [-0.1, -0.05) is 29.3 Å². The third kappa shape index (κ3) is 6.67. The van der Waals surface area contributed by atoms with Gasteiger partial charge in [-0.3, -0.25) is 4.79 Å². The Morgan fingerprint density at radius 1 is 1.17 bits per heavy atom. The first-order chi connectivity index (χ1) is 10.7. The zero-order chi connectivity index (χ0) is 17.6. The number of hydrogen-bond acceptors (Lipinski definition) is 2. The Morgan fingerprint density at radius 3 is 2.35 bits per heavy atom. The van der Waals surface area contributed by atoms with E-state index in [-0.39, 0.29) is 24.5 Å². The van der Waals surface area contributed by atoms with Crippen LogP contribution in [0.3, 0.4) is 0 Å². The summed E-state index contributed by atoms with van der Waals surface area (Å²) in [5.74, 6) is 0.519. The van der Waals surface area contributed by atoms with Crippen molar-refractivity contribution >= 4 is 35.1 Å². The lowest BCUT2D eigenvalue weighted by atomic mass is 10.1. The highest BCUT2D eigenvalue weighted by Gasteiger charge is 2.11. The third-order valence-electron chi connectivity index (χ3n) is 3.09. The molecule has 1 amide bonds. The van der Waals surface area contributed by atoms with E-state index in [0.717, 1.165) is 5.56 Å². The minimum Gasteiger partial charge on any atom is -0.354 e. The molecule has 1 atom stereocenters. The van der Waals surface area contributed by atoms with Crippen molar-refractivity contribution < 1.29 is 4.79 Å². The van der Waals surface area contributed by atoms with Crippen LogP contribution >= 0.6 is 23.2 Å². The molecular weight excluding hydrogens is 335 g/mol. The van der Waals surface area contributed by atoms with Gasteiger partial charge in [0, 0.05) is 20.1 Å². The number of hydrogen-bond donors (Lipinski definition) is 2. The Balaban J connectivity index is 2.84. The lowest BCUT2D eigenvalue weighted by molar-refractivity contribution is -0.127. The summed E-state index contributed by atoms with van der Waals surface area (Å²) in [5.41, 5.74) is 0.983. The van der Waals surface area contributed by atoms with Crippen molar-refractivity contribution in [2.75, 3.05) is 20.6 Å². The van der Waals surface area contributed by atoms with E-state index in [1.54, 1.807) is 20.2 Å². The van der Waals surface area contributed by atoms with Crippen LogP contribution in [0.1, 0.15) is 32.4 Å². The average molecular weight is 359 g/mol. The van der Waals surface area contributed by atoms with Gasteiger partial charge in [0.2, 0.25) is 5.91 Å². The topological polar surface area (TPSA) is 56.7 Å². The summed E-state index contributed by atoms with van der Waals surface area (Å²) in [6.45, 7) is 6.09. The van der Waals surface area contributed by atoms with Crippen molar-refractivity contribution in [3.05, 3.63) is 33.8 Å². The van der Waals surface area contributed by atoms with Gasteiger partial charge >= 0.3 is 0 Å². The molecule has 0 fully saturated rings. The normalized spacial score (nSPS) is 13.0. The Morgan fingerprint density at radius 2 is 1.83 bits per heavy atom. The molecule has 0 saturated carbocycles. The maximum absolute atomic E-state index is 11.7. The fourth-order valence-electron chi connectivity index (χ4n) is 1.76. The van der Waals surface area contributed by atoms with Crippen molar-refractivity contribution in [3.8, 4) is 0 Å². The number of benzene rings is 1. The number of halogens is 2. The Bertz CT molecular complexity index is 573. The Hall–Kier alpha value is -1.46. The van der Waals surface area contributed by atoms with E-state index in [1.807, 2.05) is 32.9 Å². The predicted molar refractivity (Wildman–Crippen MR) is 97.3 cm³/mol. The monoisotopic (exact) mass is 358 g/mol. The van der Waals surface area contributed by atoms with Crippen molar-refractivity contribution in [1.29, 1.82) is 0 Å². The molecule has 0 aliphatic carbocycles. The molecule has 0 aliphatic rings. The largest absolute Gasteiger partial charge is 0.354 e. The molecule has 128 valence electrons. The van der Waals surface area contributed by atoms with Crippen LogP contribution in [0.5, 0.6) is 0 Å². The minimum absolute atomic E-state index is 0.0378. The molecule has 23 heavy (non-hydrogen) atoms. The van der Waals surface area contributed by atoms with Crippen molar-refractivity contribution in [2.24, 2.45) is 4.99 Å². The number of nitrogens with zero attached hydrogens (tertiary/aromatic N) is 2. The SMILES string of the molecule is CC(C)NC(=NCC(=O)N(C)C)NC(C)c1ccc(Cl)c(Cl)c1. The first kappa shape index (κ1) is 19.6. The number of aliphatic imine (C=N–C) groups is 1. The summed E-state index contributed by atoms with van der Waals surface area (Å²) in [5, 5.41) is 7.51. The third-order valence-corrected chi connectivity index (χ3v) is 3.83. The molecule has 0 radical (unpaired) electrons. The number of carbonyl (C=O) groups is 1. The average Bonchev–Trinajstić information content (AvgIpc) is 2.46. The van der Waals surface area contributed by atoms with Crippen LogP contribution in [-0.4, -0.2) is 43.4 Å². The zero-order valence-electron chi connectivity index (χ0n) is 14.2. The molecule has 0 saturated heterocycles. The van der Waals surface area contributed by atoms with Gasteiger partial charge in [0.1, 0.15) is 6.54 Å². The molecule has 1 aromatic carbocycles. The lowest BCUT2D eigenvalue weighted by Gasteiger charge is -2.21. The number of amides is 1. The van der Waals surface area contributed by atoms with Gasteiger partial charge in [-0.05, 0) is 38.5 Å². The molecule has 0 spiro atoms. The van der Waals surface area contributed by atoms with Crippen LogP contribution in [0.15, 0.2) is 23.2 Å². The number of guanidine groups is 1. The van der Waals surface area contributed by atoms with Crippen LogP contribution in [0, 0.1) is 0 Å². The van der Waals surface area contributed by atoms with Crippen molar-refractivity contribution in [3.63, 3.8) is 0 Å². The number of likely N-dealkylation sites (N-methyl/N-ethyl adjacent to an activating group) is 1. The summed E-state index contributed by atoms with van der Waals surface area (Å²) >= 11 is 12.0. The van der Waals surface area contributed by atoms with E-state index in [4.69, 9.17) is 23.2 Å². The van der Waals surface area contributed by atoms with E-state index in [0.29, 0.717) is 16.0 Å². The fraction of sp³-hybridized carbons (Fsp3) is 0.500. The molecule has 0 aromatic heterocycles. The predicted octanol–water partition coefficient (Wildman–Crippen LogP) is 3.09. The number of rotatable bonds is 5. The van der Waals surface area contributed by atoms with Gasteiger partial charge < -0.3 is 15.5 Å². The van der Waals surface area contributed by atoms with E-state index in [2.05, 4.69) is 15.6 Å². The molecule has 0 bridgehead atoms. The van der Waals surface area contributed by atoms with Crippen LogP contribution in [-0.2, 0) is 4.79 Å². The second kappa shape index (κ2) is 8.99. The Labute approximate surface area is 148 Å². The molecule has 5 nitrogen and oxygen atoms in total. The molecule has 1 aromatic rings. The highest BCUT2D eigenvalue weighted by molar-refractivity contribution is 6.42. The molecule has 7 heteroatoms. The van der Waals surface area contributed by atoms with Gasteiger partial charge in [0.15, 0.2) is 5.96 Å². The van der Waals surface area contributed by atoms with Crippen molar-refractivity contribution in [1.82, 2.24) is 15.5 Å². The highest BCUT2D eigenvalue weighted by atomic mass is 35.5. The summed E-state index contributed by atoms with van der Waals surface area (Å²) in [6, 6.07) is 5.64. The smallest absolute Gasteiger partial charge is 0.243 e. The fourth-order valence-corrected chi connectivity index (χ4v) is 2.07. The first-order valence-corrected chi connectivity index (χ1v) is 8.19. The van der Waals surface area contributed by atoms with Gasteiger partial charge in [-0.25, -0.2) is 4.99 Å². The Kier molecular flexibility index (Phi) is 7.65. The first-order valence-electron chi connectivity index (χ1n) is 7.43. The standard InChI is InChI=1S/C16H24Cl2N4O/c1-10(2)20-16(19-9-15(23)22(4)5)21-11(3)12-6-7-13(17)14(18)8-12/h6-8,10-11H,9H2,1-5H3,(H2,19,20,21). The van der Waals surface area contributed by atoms with Crippen LogP contribution in [0.4, 0.5) is 0 Å². The van der Waals surface area contributed by atoms with Gasteiger partial charge in [0.05, 0.1) is 16.1 Å². The molecule has 0 aliphatic heterocycles. The molecular formula is C16H24Cl2N4O. The number of carbonyl (C=O) groups excluding carboxylic acids is 1. The summed E-state index contributed by atoms with van der Waals surface area (Å²) in [6.07, 6.45) is 0. The van der Waals surface area contributed by atoms with Crippen LogP contribution < -0.4 is 10.6 Å². The summed E-state index contributed by atoms with van der Waals surface area (Å²) in [4.78, 5) is 17.5. The quantitative estimate of drug-likeness (QED) is 0.628. The van der Waals surface area contributed by atoms with Crippen molar-refractivity contribution in [2.45, 2.75) is 32.9 Å². The zero-order valence-corrected chi connectivity index (χ0v) is 15.7. The second-order valence-electron chi connectivity index (χ2n) is 5.79. The maximum atomic E-state index is 11.7. The van der Waals surface area contributed by atoms with Crippen LogP contribution in [0.25, 0.3) is 0 Å². The molecule has 1 rings (SSSR count). The maximum Gasteiger partial charge on any atom is 0.243 e. The van der Waals surface area contributed by atoms with E-state index < -0.39 is 0 Å². The lowest BCUT2D eigenvalue weighted by Crippen LogP contribution is -2.43. The molecule has 2 N–H and O–H groups in total. The van der Waals surface area contributed by atoms with Gasteiger partial charge in [0.25, 0.3) is 0 Å². The molecule has 0 heterocycles. The second-order valence-corrected chi connectivity index (χ2v) is 6.61. The number of nitrogens with one attached hydrogen (secondary N) is 2. The van der Waals surface area contributed by atoms with E-state index >= 15 is 0 Å². The summed E-state index contributed by atoms with van der Waals surface area (Å²) < 4.78 is 0.